The summed E-state index contributed by atoms with van der Waals surface area (Å²) >= 11 is 5.67. The first-order valence-corrected chi connectivity index (χ1v) is 11.6. The fourth-order valence-corrected chi connectivity index (χ4v) is 3.94. The van der Waals surface area contributed by atoms with Crippen LogP contribution in [0.5, 0.6) is 0 Å². The van der Waals surface area contributed by atoms with Gasteiger partial charge < -0.3 is 21.1 Å². The number of carbonyl (C=O) groups excluding carboxylic acids is 2. The summed E-state index contributed by atoms with van der Waals surface area (Å²) in [5, 5.41) is 6.53. The minimum atomic E-state index is -0.731. The quantitative estimate of drug-likeness (QED) is 0.526. The van der Waals surface area contributed by atoms with E-state index in [4.69, 9.17) is 22.7 Å². The minimum Gasteiger partial charge on any atom is -0.443 e. The van der Waals surface area contributed by atoms with Crippen molar-refractivity contribution in [3.8, 4) is 0 Å². The molecule has 2 amide bonds. The van der Waals surface area contributed by atoms with Gasteiger partial charge in [0.15, 0.2) is 0 Å². The Bertz CT molecular complexity index is 1100. The number of thiocarbonyl (C=S) groups is 1. The summed E-state index contributed by atoms with van der Waals surface area (Å²) in [6.07, 6.45) is 1.64. The molecule has 0 fully saturated rings. The lowest BCUT2D eigenvalue weighted by Crippen LogP contribution is -2.50. The van der Waals surface area contributed by atoms with Crippen LogP contribution in [-0.4, -0.2) is 39.0 Å². The Hall–Kier alpha value is -3.46. The number of anilines is 2. The molecule has 8 nitrogen and oxygen atoms in total. The average Bonchev–Trinajstić information content (AvgIpc) is 2.77. The zero-order valence-corrected chi connectivity index (χ0v) is 20.7. The number of rotatable bonds is 6. The number of nitrogens with one attached hydrogen (secondary N) is 2. The molecule has 1 aromatic carbocycles. The number of benzene rings is 1. The molecule has 0 saturated heterocycles. The summed E-state index contributed by atoms with van der Waals surface area (Å²) in [5.74, 6) is -0.225. The molecule has 1 aliphatic rings. The average molecular weight is 482 g/mol. The number of amides is 2. The SMILES string of the molecule is CCC1CN(C(=O)OC(C)(C)C)C(=O)C(C(=S)Nc2ccccc2)=C1NCc1ccnc(N)c1. The fourth-order valence-electron chi connectivity index (χ4n) is 3.63. The van der Waals surface area contributed by atoms with Gasteiger partial charge in [-0.15, -0.1) is 0 Å². The maximum atomic E-state index is 13.6. The van der Waals surface area contributed by atoms with Gasteiger partial charge in [0.1, 0.15) is 16.4 Å². The normalized spacial score (nSPS) is 16.3. The lowest BCUT2D eigenvalue weighted by molar-refractivity contribution is -0.127. The van der Waals surface area contributed by atoms with Crippen LogP contribution in [-0.2, 0) is 16.1 Å². The van der Waals surface area contributed by atoms with Gasteiger partial charge in [-0.2, -0.15) is 0 Å². The number of nitrogens with two attached hydrogens (primary N) is 1. The molecule has 2 aromatic rings. The van der Waals surface area contributed by atoms with Gasteiger partial charge in [-0.3, -0.25) is 4.79 Å². The first kappa shape index (κ1) is 25.2. The number of para-hydroxylation sites is 1. The molecule has 0 aliphatic carbocycles. The number of aromatic nitrogens is 1. The molecule has 9 heteroatoms. The van der Waals surface area contributed by atoms with Crippen LogP contribution in [0, 0.1) is 5.92 Å². The molecule has 0 saturated carbocycles. The Balaban J connectivity index is 1.98. The van der Waals surface area contributed by atoms with Crippen LogP contribution in [0.3, 0.4) is 0 Å². The molecule has 34 heavy (non-hydrogen) atoms. The van der Waals surface area contributed by atoms with Crippen molar-refractivity contribution in [3.63, 3.8) is 0 Å². The van der Waals surface area contributed by atoms with E-state index in [0.717, 1.165) is 16.2 Å². The molecule has 0 spiro atoms. The molecule has 1 unspecified atom stereocenters. The zero-order chi connectivity index (χ0) is 24.9. The van der Waals surface area contributed by atoms with E-state index < -0.39 is 17.6 Å². The molecule has 3 rings (SSSR count). The number of imide groups is 1. The Labute approximate surface area is 205 Å². The highest BCUT2D eigenvalue weighted by Gasteiger charge is 2.40. The predicted molar refractivity (Wildman–Crippen MR) is 137 cm³/mol. The minimum absolute atomic E-state index is 0.144. The van der Waals surface area contributed by atoms with Crippen molar-refractivity contribution in [3.05, 3.63) is 65.5 Å². The molecule has 1 aromatic heterocycles. The van der Waals surface area contributed by atoms with Crippen LogP contribution in [0.15, 0.2) is 59.9 Å². The highest BCUT2D eigenvalue weighted by Crippen LogP contribution is 2.29. The van der Waals surface area contributed by atoms with Crippen LogP contribution >= 0.6 is 12.2 Å². The van der Waals surface area contributed by atoms with Crippen molar-refractivity contribution >= 4 is 40.7 Å². The first-order chi connectivity index (χ1) is 16.1. The van der Waals surface area contributed by atoms with E-state index in [9.17, 15) is 9.59 Å². The molecule has 180 valence electrons. The molecule has 0 bridgehead atoms. The summed E-state index contributed by atoms with van der Waals surface area (Å²) in [7, 11) is 0. The smallest absolute Gasteiger partial charge is 0.417 e. The van der Waals surface area contributed by atoms with E-state index in [0.29, 0.717) is 24.5 Å². The summed E-state index contributed by atoms with van der Waals surface area (Å²) in [6, 6.07) is 13.0. The van der Waals surface area contributed by atoms with Crippen molar-refractivity contribution in [2.45, 2.75) is 46.3 Å². The van der Waals surface area contributed by atoms with Crippen molar-refractivity contribution < 1.29 is 14.3 Å². The maximum Gasteiger partial charge on any atom is 0.417 e. The van der Waals surface area contributed by atoms with Crippen LogP contribution in [0.1, 0.15) is 39.7 Å². The highest BCUT2D eigenvalue weighted by atomic mass is 32.1. The van der Waals surface area contributed by atoms with Crippen molar-refractivity contribution in [2.75, 3.05) is 17.6 Å². The maximum absolute atomic E-state index is 13.6. The molecule has 4 N–H and O–H groups in total. The van der Waals surface area contributed by atoms with Gasteiger partial charge in [0.05, 0.1) is 5.57 Å². The van der Waals surface area contributed by atoms with Gasteiger partial charge in [0, 0.05) is 36.6 Å². The second kappa shape index (κ2) is 10.6. The van der Waals surface area contributed by atoms with E-state index in [1.807, 2.05) is 43.3 Å². The van der Waals surface area contributed by atoms with Gasteiger partial charge in [-0.05, 0) is 57.0 Å². The van der Waals surface area contributed by atoms with Gasteiger partial charge in [-0.1, -0.05) is 37.3 Å². The summed E-state index contributed by atoms with van der Waals surface area (Å²) in [6.45, 7) is 7.93. The molecular formula is C25H31N5O3S. The van der Waals surface area contributed by atoms with E-state index >= 15 is 0 Å². The van der Waals surface area contributed by atoms with Gasteiger partial charge in [-0.25, -0.2) is 14.7 Å². The number of pyridine rings is 1. The predicted octanol–water partition coefficient (Wildman–Crippen LogP) is 4.25. The molecule has 0 radical (unpaired) electrons. The van der Waals surface area contributed by atoms with Gasteiger partial charge in [0.2, 0.25) is 0 Å². The van der Waals surface area contributed by atoms with Gasteiger partial charge >= 0.3 is 6.09 Å². The number of hydrogen-bond donors (Lipinski definition) is 3. The van der Waals surface area contributed by atoms with E-state index in [2.05, 4.69) is 15.6 Å². The summed E-state index contributed by atoms with van der Waals surface area (Å²) in [5.41, 5.74) is 7.69. The monoisotopic (exact) mass is 481 g/mol. The Morgan fingerprint density at radius 1 is 1.26 bits per heavy atom. The number of nitrogen functional groups attached to an aromatic ring is 1. The van der Waals surface area contributed by atoms with E-state index in [-0.39, 0.29) is 23.0 Å². The second-order valence-electron chi connectivity index (χ2n) is 9.05. The topological polar surface area (TPSA) is 110 Å². The number of nitrogens with zero attached hydrogens (tertiary/aromatic N) is 2. The van der Waals surface area contributed by atoms with Crippen molar-refractivity contribution in [1.29, 1.82) is 0 Å². The van der Waals surface area contributed by atoms with Crippen molar-refractivity contribution in [1.82, 2.24) is 15.2 Å². The molecule has 1 aliphatic heterocycles. The Morgan fingerprint density at radius 3 is 2.59 bits per heavy atom. The lowest BCUT2D eigenvalue weighted by Gasteiger charge is -2.36. The Morgan fingerprint density at radius 2 is 1.97 bits per heavy atom. The largest absolute Gasteiger partial charge is 0.443 e. The van der Waals surface area contributed by atoms with E-state index in [1.165, 1.54) is 0 Å². The highest BCUT2D eigenvalue weighted by molar-refractivity contribution is 7.81. The van der Waals surface area contributed by atoms with Crippen LogP contribution in [0.4, 0.5) is 16.3 Å². The number of hydrogen-bond acceptors (Lipinski definition) is 7. The third-order valence-corrected chi connectivity index (χ3v) is 5.54. The lowest BCUT2D eigenvalue weighted by atomic mass is 9.92. The third-order valence-electron chi connectivity index (χ3n) is 5.23. The second-order valence-corrected chi connectivity index (χ2v) is 9.46. The van der Waals surface area contributed by atoms with E-state index in [1.54, 1.807) is 33.0 Å². The molecule has 2 heterocycles. The molecule has 1 atom stereocenters. The third kappa shape index (κ3) is 6.32. The number of ether oxygens (including phenoxy) is 1. The number of carbonyl (C=O) groups is 2. The zero-order valence-electron chi connectivity index (χ0n) is 19.9. The summed E-state index contributed by atoms with van der Waals surface area (Å²) in [4.78, 5) is 31.9. The van der Waals surface area contributed by atoms with Gasteiger partial charge in [0.25, 0.3) is 5.91 Å². The van der Waals surface area contributed by atoms with Crippen LogP contribution in [0.25, 0.3) is 0 Å². The van der Waals surface area contributed by atoms with Crippen molar-refractivity contribution in [2.24, 2.45) is 5.92 Å². The summed E-state index contributed by atoms with van der Waals surface area (Å²) < 4.78 is 5.50. The first-order valence-electron chi connectivity index (χ1n) is 11.2. The molecular weight excluding hydrogens is 450 g/mol. The standard InChI is InChI=1S/C25H31N5O3S/c1-5-17-15-30(24(32)33-25(2,3)4)23(31)20(22(34)29-18-9-7-6-8-10-18)21(17)28-14-16-11-12-27-19(26)13-16/h6-13,17,28H,5,14-15H2,1-4H3,(H2,26,27)(H,29,34). The van der Waals surface area contributed by atoms with Crippen LogP contribution < -0.4 is 16.4 Å². The fraction of sp³-hybridized carbons (Fsp3) is 0.360. The van der Waals surface area contributed by atoms with Crippen LogP contribution in [0.2, 0.25) is 0 Å². The Kier molecular flexibility index (Phi) is 7.88.